The lowest BCUT2D eigenvalue weighted by molar-refractivity contribution is -0.127. The summed E-state index contributed by atoms with van der Waals surface area (Å²) in [6.07, 6.45) is -10.2. The third kappa shape index (κ3) is 10.0. The Balaban J connectivity index is 0. The summed E-state index contributed by atoms with van der Waals surface area (Å²) >= 11 is 0. The van der Waals surface area contributed by atoms with Crippen molar-refractivity contribution in [3.05, 3.63) is 0 Å². The van der Waals surface area contributed by atoms with Crippen molar-refractivity contribution in [2.75, 3.05) is 6.61 Å². The first kappa shape index (κ1) is 26.4. The number of ether oxygens (including phenoxy) is 1. The fourth-order valence-corrected chi connectivity index (χ4v) is 1.54. The lowest BCUT2D eigenvalue weighted by Gasteiger charge is -2.13. The number of hydrogen-bond donors (Lipinski definition) is 1. The van der Waals surface area contributed by atoms with Crippen LogP contribution in [0.5, 0.6) is 0 Å². The molecule has 152 valence electrons. The van der Waals surface area contributed by atoms with E-state index in [2.05, 4.69) is 4.74 Å². The van der Waals surface area contributed by atoms with Gasteiger partial charge >= 0.3 is 0 Å². The van der Waals surface area contributed by atoms with Gasteiger partial charge in [0.15, 0.2) is 23.7 Å². The first-order valence-electron chi connectivity index (χ1n) is 7.90. The van der Waals surface area contributed by atoms with Gasteiger partial charge in [0.25, 0.3) is 0 Å². The maximum absolute atomic E-state index is 12.4. The summed E-state index contributed by atoms with van der Waals surface area (Å²) in [5, 5.41) is 8.45. The van der Waals surface area contributed by atoms with Crippen LogP contribution in [0.15, 0.2) is 0 Å². The molecule has 1 rings (SSSR count). The number of alkyl halides is 6. The van der Waals surface area contributed by atoms with Crippen LogP contribution in [0.1, 0.15) is 41.5 Å². The Labute approximate surface area is 144 Å². The van der Waals surface area contributed by atoms with Gasteiger partial charge in [0.1, 0.15) is 30.8 Å². The molecule has 1 fully saturated rings. The number of hydrogen-bond acceptors (Lipinski definition) is 3. The minimum absolute atomic E-state index is 0.225. The molecule has 0 aliphatic carbocycles. The highest BCUT2D eigenvalue weighted by Crippen LogP contribution is 2.37. The van der Waals surface area contributed by atoms with Gasteiger partial charge in [-0.25, -0.2) is 26.3 Å². The minimum atomic E-state index is -1.67. The average molecular weight is 382 g/mol. The summed E-state index contributed by atoms with van der Waals surface area (Å²) < 4.78 is 76.7. The predicted octanol–water partition coefficient (Wildman–Crippen LogP) is 3.81. The Hall–Kier alpha value is -0.830. The van der Waals surface area contributed by atoms with Gasteiger partial charge in [0.2, 0.25) is 0 Å². The molecule has 0 amide bonds. The summed E-state index contributed by atoms with van der Waals surface area (Å²) in [7, 11) is 0. The first-order valence-corrected chi connectivity index (χ1v) is 7.90. The Morgan fingerprint density at radius 1 is 0.840 bits per heavy atom. The van der Waals surface area contributed by atoms with E-state index in [1.807, 2.05) is 0 Å². The van der Waals surface area contributed by atoms with Crippen LogP contribution >= 0.6 is 0 Å². The SMILES string of the molecule is CC(F)C(=O)C(C)F.CC(F)C(O)C(C)F.CC(F)C1(C(C)F)CO1. The molecule has 1 saturated heterocycles. The molecule has 25 heavy (non-hydrogen) atoms. The van der Waals surface area contributed by atoms with Crippen molar-refractivity contribution in [1.82, 2.24) is 0 Å². The van der Waals surface area contributed by atoms with E-state index < -0.39 is 54.5 Å². The molecule has 1 aliphatic heterocycles. The molecule has 0 radical (unpaired) electrons. The van der Waals surface area contributed by atoms with E-state index in [0.717, 1.165) is 27.7 Å². The summed E-state index contributed by atoms with van der Waals surface area (Å²) in [4.78, 5) is 10.1. The van der Waals surface area contributed by atoms with Crippen LogP contribution in [-0.4, -0.2) is 66.2 Å². The zero-order valence-corrected chi connectivity index (χ0v) is 15.3. The Bertz CT molecular complexity index is 341. The average Bonchev–Trinajstić information content (AvgIpc) is 3.28. The summed E-state index contributed by atoms with van der Waals surface area (Å²) in [5.41, 5.74) is -1.08. The van der Waals surface area contributed by atoms with Crippen molar-refractivity contribution in [2.45, 2.75) is 90.3 Å². The standard InChI is InChI=1S/C6H10F2O.C5H10F2O.C5H8F2O/c1-4(7)6(3-9-6)5(2)8;2*1-3(6)5(8)4(2)7/h4-5H,3H2,1-2H3;3-5,8H,1-2H3;3-4H,1-2H3. The molecule has 9 heteroatoms. The van der Waals surface area contributed by atoms with Crippen LogP contribution in [0, 0.1) is 0 Å². The highest BCUT2D eigenvalue weighted by atomic mass is 19.2. The lowest BCUT2D eigenvalue weighted by atomic mass is 10.0. The molecule has 1 heterocycles. The molecular formula is C16H28F6O3. The Kier molecular flexibility index (Phi) is 12.4. The zero-order chi connectivity index (χ0) is 20.5. The van der Waals surface area contributed by atoms with Crippen LogP contribution in [-0.2, 0) is 9.53 Å². The molecule has 0 aromatic heterocycles. The van der Waals surface area contributed by atoms with Crippen molar-refractivity contribution < 1.29 is 41.0 Å². The second kappa shape index (κ2) is 11.7. The number of ketones is 1. The number of halogens is 6. The monoisotopic (exact) mass is 382 g/mol. The predicted molar refractivity (Wildman–Crippen MR) is 83.1 cm³/mol. The molecule has 1 aliphatic rings. The summed E-state index contributed by atoms with van der Waals surface area (Å²) in [5.74, 6) is -0.981. The molecule has 6 atom stereocenters. The zero-order valence-electron chi connectivity index (χ0n) is 15.3. The number of Topliss-reactive ketones (excluding diaryl/α,β-unsaturated/α-hetero) is 1. The van der Waals surface area contributed by atoms with E-state index in [0.29, 0.717) is 0 Å². The van der Waals surface area contributed by atoms with Gasteiger partial charge in [0.05, 0.1) is 6.61 Å². The van der Waals surface area contributed by atoms with Crippen LogP contribution < -0.4 is 0 Å². The number of carbonyl (C=O) groups is 1. The molecule has 0 aromatic carbocycles. The third-order valence-electron chi connectivity index (χ3n) is 3.55. The number of epoxide rings is 1. The second-order valence-electron chi connectivity index (χ2n) is 5.96. The Morgan fingerprint density at radius 3 is 1.12 bits per heavy atom. The number of aliphatic hydroxyl groups excluding tert-OH is 1. The minimum Gasteiger partial charge on any atom is -0.387 e. The second-order valence-corrected chi connectivity index (χ2v) is 5.96. The smallest absolute Gasteiger partial charge is 0.200 e. The number of carbonyl (C=O) groups excluding carboxylic acids is 1. The van der Waals surface area contributed by atoms with Gasteiger partial charge in [-0.05, 0) is 41.5 Å². The number of rotatable bonds is 6. The van der Waals surface area contributed by atoms with Crippen molar-refractivity contribution in [2.24, 2.45) is 0 Å². The van der Waals surface area contributed by atoms with E-state index in [4.69, 9.17) is 5.11 Å². The quantitative estimate of drug-likeness (QED) is 0.562. The molecule has 3 nitrogen and oxygen atoms in total. The molecule has 0 spiro atoms. The van der Waals surface area contributed by atoms with E-state index in [9.17, 15) is 31.1 Å². The van der Waals surface area contributed by atoms with Crippen LogP contribution in [0.25, 0.3) is 0 Å². The normalized spacial score (nSPS) is 27.1. The van der Waals surface area contributed by atoms with Crippen LogP contribution in [0.4, 0.5) is 26.3 Å². The summed E-state index contributed by atoms with van der Waals surface area (Å²) in [6, 6.07) is 0. The van der Waals surface area contributed by atoms with E-state index >= 15 is 0 Å². The highest BCUT2D eigenvalue weighted by Gasteiger charge is 2.55. The third-order valence-corrected chi connectivity index (χ3v) is 3.55. The first-order chi connectivity index (χ1) is 11.2. The molecule has 0 aromatic rings. The maximum Gasteiger partial charge on any atom is 0.200 e. The van der Waals surface area contributed by atoms with Crippen molar-refractivity contribution in [3.63, 3.8) is 0 Å². The topological polar surface area (TPSA) is 49.8 Å². The Morgan fingerprint density at radius 2 is 1.12 bits per heavy atom. The molecule has 6 unspecified atom stereocenters. The molecule has 0 saturated carbocycles. The van der Waals surface area contributed by atoms with E-state index in [1.54, 1.807) is 0 Å². The van der Waals surface area contributed by atoms with Gasteiger partial charge in [-0.1, -0.05) is 0 Å². The number of aliphatic hydroxyl groups is 1. The van der Waals surface area contributed by atoms with Gasteiger partial charge in [0, 0.05) is 0 Å². The van der Waals surface area contributed by atoms with E-state index in [-0.39, 0.29) is 6.61 Å². The molecule has 0 bridgehead atoms. The summed E-state index contributed by atoms with van der Waals surface area (Å²) in [6.45, 7) is 7.17. The lowest BCUT2D eigenvalue weighted by Crippen LogP contribution is -2.32. The highest BCUT2D eigenvalue weighted by molar-refractivity contribution is 5.86. The van der Waals surface area contributed by atoms with Crippen LogP contribution in [0.2, 0.25) is 0 Å². The van der Waals surface area contributed by atoms with Gasteiger partial charge in [-0.2, -0.15) is 0 Å². The van der Waals surface area contributed by atoms with Crippen molar-refractivity contribution in [1.29, 1.82) is 0 Å². The van der Waals surface area contributed by atoms with Crippen molar-refractivity contribution >= 4 is 5.78 Å². The molecule has 1 N–H and O–H groups in total. The molecular weight excluding hydrogens is 354 g/mol. The van der Waals surface area contributed by atoms with Crippen LogP contribution in [0.3, 0.4) is 0 Å². The fourth-order valence-electron chi connectivity index (χ4n) is 1.54. The van der Waals surface area contributed by atoms with Gasteiger partial charge < -0.3 is 9.84 Å². The van der Waals surface area contributed by atoms with Crippen molar-refractivity contribution in [3.8, 4) is 0 Å². The van der Waals surface area contributed by atoms with Gasteiger partial charge in [-0.15, -0.1) is 0 Å². The maximum atomic E-state index is 12.4. The largest absolute Gasteiger partial charge is 0.387 e. The van der Waals surface area contributed by atoms with E-state index in [1.165, 1.54) is 13.8 Å². The fraction of sp³-hybridized carbons (Fsp3) is 0.938. The van der Waals surface area contributed by atoms with Gasteiger partial charge in [-0.3, -0.25) is 4.79 Å².